The van der Waals surface area contributed by atoms with Gasteiger partial charge in [-0.15, -0.1) is 0 Å². The van der Waals surface area contributed by atoms with E-state index in [0.29, 0.717) is 22.5 Å². The molecule has 7 heteroatoms. The summed E-state index contributed by atoms with van der Waals surface area (Å²) in [4.78, 5) is 35.7. The third kappa shape index (κ3) is 2.63. The maximum atomic E-state index is 12.4. The number of anilines is 1. The van der Waals surface area contributed by atoms with Gasteiger partial charge in [-0.05, 0) is 49.2 Å². The lowest BCUT2D eigenvalue weighted by Gasteiger charge is -2.05. The molecule has 0 saturated heterocycles. The summed E-state index contributed by atoms with van der Waals surface area (Å²) in [6.07, 6.45) is 0.0398. The van der Waals surface area contributed by atoms with Gasteiger partial charge in [-0.25, -0.2) is 0 Å². The Hall–Kier alpha value is -3.48. The zero-order chi connectivity index (χ0) is 18.4. The molecule has 0 unspecified atom stereocenters. The first kappa shape index (κ1) is 16.0. The number of imide groups is 1. The fourth-order valence-corrected chi connectivity index (χ4v) is 3.17. The van der Waals surface area contributed by atoms with Gasteiger partial charge in [0.2, 0.25) is 5.91 Å². The fourth-order valence-electron chi connectivity index (χ4n) is 3.17. The van der Waals surface area contributed by atoms with Crippen LogP contribution in [0.25, 0.3) is 11.0 Å². The van der Waals surface area contributed by atoms with Crippen molar-refractivity contribution in [3.8, 4) is 0 Å². The molecule has 2 heterocycles. The maximum Gasteiger partial charge on any atom is 0.259 e. The molecule has 2 N–H and O–H groups in total. The van der Waals surface area contributed by atoms with Crippen molar-refractivity contribution in [2.24, 2.45) is 0 Å². The van der Waals surface area contributed by atoms with E-state index in [4.69, 9.17) is 4.52 Å². The van der Waals surface area contributed by atoms with Gasteiger partial charge in [0.1, 0.15) is 5.69 Å². The van der Waals surface area contributed by atoms with Crippen molar-refractivity contribution < 1.29 is 18.9 Å². The first-order valence-electron chi connectivity index (χ1n) is 8.07. The van der Waals surface area contributed by atoms with E-state index < -0.39 is 11.8 Å². The van der Waals surface area contributed by atoms with Crippen LogP contribution < -0.4 is 10.6 Å². The molecule has 26 heavy (non-hydrogen) atoms. The Kier molecular flexibility index (Phi) is 3.57. The van der Waals surface area contributed by atoms with E-state index in [0.717, 1.165) is 16.5 Å². The summed E-state index contributed by atoms with van der Waals surface area (Å²) in [5.41, 5.74) is 4.26. The molecular formula is C19H15N3O4. The third-order valence-corrected chi connectivity index (χ3v) is 4.32. The minimum atomic E-state index is -0.463. The summed E-state index contributed by atoms with van der Waals surface area (Å²) < 4.78 is 5.35. The summed E-state index contributed by atoms with van der Waals surface area (Å²) in [7, 11) is 0. The van der Waals surface area contributed by atoms with Gasteiger partial charge >= 0.3 is 0 Å². The van der Waals surface area contributed by atoms with E-state index >= 15 is 0 Å². The Balaban J connectivity index is 1.56. The van der Waals surface area contributed by atoms with Gasteiger partial charge in [0.25, 0.3) is 11.8 Å². The summed E-state index contributed by atoms with van der Waals surface area (Å²) in [5.74, 6) is -1.18. The number of hydrogen-bond acceptors (Lipinski definition) is 5. The largest absolute Gasteiger partial charge is 0.356 e. The van der Waals surface area contributed by atoms with Crippen molar-refractivity contribution >= 4 is 34.4 Å². The molecule has 0 atom stereocenters. The van der Waals surface area contributed by atoms with E-state index in [1.165, 1.54) is 12.1 Å². The van der Waals surface area contributed by atoms with Crippen molar-refractivity contribution in [3.63, 3.8) is 0 Å². The molecule has 0 fully saturated rings. The van der Waals surface area contributed by atoms with Crippen molar-refractivity contribution in [1.29, 1.82) is 0 Å². The molecule has 0 spiro atoms. The third-order valence-electron chi connectivity index (χ3n) is 4.32. The first-order valence-corrected chi connectivity index (χ1v) is 8.07. The number of nitrogens with zero attached hydrogens (tertiary/aromatic N) is 1. The van der Waals surface area contributed by atoms with E-state index in [9.17, 15) is 14.4 Å². The van der Waals surface area contributed by atoms with E-state index in [-0.39, 0.29) is 17.9 Å². The zero-order valence-electron chi connectivity index (χ0n) is 14.2. The van der Waals surface area contributed by atoms with Crippen LogP contribution in [0.3, 0.4) is 0 Å². The van der Waals surface area contributed by atoms with Gasteiger partial charge in [0.05, 0.1) is 17.5 Å². The van der Waals surface area contributed by atoms with Crippen LogP contribution in [0.1, 0.15) is 37.5 Å². The van der Waals surface area contributed by atoms with Gasteiger partial charge in [-0.2, -0.15) is 0 Å². The quantitative estimate of drug-likeness (QED) is 0.708. The molecule has 0 radical (unpaired) electrons. The number of hydrogen-bond donors (Lipinski definition) is 2. The van der Waals surface area contributed by atoms with Crippen LogP contribution in [-0.2, 0) is 11.2 Å². The minimum absolute atomic E-state index is 0.0398. The average Bonchev–Trinajstić information content (AvgIpc) is 3.09. The molecule has 1 aliphatic heterocycles. The molecule has 0 bridgehead atoms. The van der Waals surface area contributed by atoms with Gasteiger partial charge < -0.3 is 9.84 Å². The van der Waals surface area contributed by atoms with Gasteiger partial charge in [0, 0.05) is 11.1 Å². The fraction of sp³-hybridized carbons (Fsp3) is 0.158. The van der Waals surface area contributed by atoms with Gasteiger partial charge in [-0.3, -0.25) is 19.7 Å². The number of carbonyl (C=O) groups is 3. The lowest BCUT2D eigenvalue weighted by atomic mass is 10.1. The number of aryl methyl sites for hydroxylation is 2. The van der Waals surface area contributed by atoms with E-state index in [1.807, 2.05) is 26.0 Å². The maximum absolute atomic E-state index is 12.4. The minimum Gasteiger partial charge on any atom is -0.356 e. The molecule has 0 aliphatic carbocycles. The van der Waals surface area contributed by atoms with E-state index in [1.54, 1.807) is 6.07 Å². The summed E-state index contributed by atoms with van der Waals surface area (Å²) in [5, 5.41) is 9.77. The van der Waals surface area contributed by atoms with Crippen LogP contribution in [0.15, 0.2) is 34.9 Å². The second-order valence-corrected chi connectivity index (χ2v) is 6.36. The highest BCUT2D eigenvalue weighted by molar-refractivity contribution is 6.22. The SMILES string of the molecule is Cc1cc(C)c2onc(CC(=O)Nc3ccc4c(c3)C(=O)NC4=O)c2c1. The average molecular weight is 349 g/mol. The van der Waals surface area contributed by atoms with Crippen LogP contribution in [0.2, 0.25) is 0 Å². The molecule has 3 amide bonds. The van der Waals surface area contributed by atoms with E-state index in [2.05, 4.69) is 15.8 Å². The number of rotatable bonds is 3. The summed E-state index contributed by atoms with van der Waals surface area (Å²) in [6, 6.07) is 8.53. The van der Waals surface area contributed by atoms with Gasteiger partial charge in [0.15, 0.2) is 5.58 Å². The molecule has 4 rings (SSSR count). The first-order chi connectivity index (χ1) is 12.4. The van der Waals surface area contributed by atoms with Crippen LogP contribution in [0, 0.1) is 13.8 Å². The predicted octanol–water partition coefficient (Wildman–Crippen LogP) is 2.51. The molecule has 1 aromatic heterocycles. The number of fused-ring (bicyclic) bond motifs is 2. The summed E-state index contributed by atoms with van der Waals surface area (Å²) >= 11 is 0. The molecule has 0 saturated carbocycles. The number of aromatic nitrogens is 1. The molecule has 130 valence electrons. The Morgan fingerprint density at radius 2 is 1.88 bits per heavy atom. The van der Waals surface area contributed by atoms with Crippen LogP contribution in [-0.4, -0.2) is 22.9 Å². The highest BCUT2D eigenvalue weighted by Crippen LogP contribution is 2.25. The van der Waals surface area contributed by atoms with Crippen LogP contribution in [0.5, 0.6) is 0 Å². The van der Waals surface area contributed by atoms with Crippen molar-refractivity contribution in [2.45, 2.75) is 20.3 Å². The number of benzene rings is 2. The molecule has 1 aliphatic rings. The van der Waals surface area contributed by atoms with Crippen molar-refractivity contribution in [1.82, 2.24) is 10.5 Å². The Morgan fingerprint density at radius 3 is 2.69 bits per heavy atom. The second kappa shape index (κ2) is 5.80. The number of amides is 3. The highest BCUT2D eigenvalue weighted by Gasteiger charge is 2.26. The molecule has 2 aromatic carbocycles. The monoisotopic (exact) mass is 349 g/mol. The number of nitrogens with one attached hydrogen (secondary N) is 2. The molecular weight excluding hydrogens is 334 g/mol. The van der Waals surface area contributed by atoms with Crippen molar-refractivity contribution in [3.05, 3.63) is 58.3 Å². The number of carbonyl (C=O) groups excluding carboxylic acids is 3. The Bertz CT molecular complexity index is 1100. The Morgan fingerprint density at radius 1 is 1.12 bits per heavy atom. The smallest absolute Gasteiger partial charge is 0.259 e. The zero-order valence-corrected chi connectivity index (χ0v) is 14.2. The predicted molar refractivity (Wildman–Crippen MR) is 94.1 cm³/mol. The molecule has 3 aromatic rings. The molecule has 7 nitrogen and oxygen atoms in total. The summed E-state index contributed by atoms with van der Waals surface area (Å²) in [6.45, 7) is 3.90. The van der Waals surface area contributed by atoms with Crippen LogP contribution >= 0.6 is 0 Å². The Labute approximate surface area is 148 Å². The lowest BCUT2D eigenvalue weighted by molar-refractivity contribution is -0.115. The normalized spacial score (nSPS) is 13.0. The van der Waals surface area contributed by atoms with Crippen LogP contribution in [0.4, 0.5) is 5.69 Å². The highest BCUT2D eigenvalue weighted by atomic mass is 16.5. The lowest BCUT2D eigenvalue weighted by Crippen LogP contribution is -2.19. The topological polar surface area (TPSA) is 101 Å². The van der Waals surface area contributed by atoms with Gasteiger partial charge in [-0.1, -0.05) is 11.2 Å². The standard InChI is InChI=1S/C19H15N3O4/c1-9-5-10(2)17-14(6-9)15(22-26-17)8-16(23)20-11-3-4-12-13(7-11)19(25)21-18(12)24/h3-7H,8H2,1-2H3,(H,20,23)(H,21,24,25). The second-order valence-electron chi connectivity index (χ2n) is 6.36. The van der Waals surface area contributed by atoms with Crippen molar-refractivity contribution in [2.75, 3.05) is 5.32 Å².